The first kappa shape index (κ1) is 9.80. The smallest absolute Gasteiger partial charge is 0.270 e. The predicted molar refractivity (Wildman–Crippen MR) is 51.7 cm³/mol. The van der Waals surface area contributed by atoms with Gasteiger partial charge in [-0.1, -0.05) is 6.07 Å². The van der Waals surface area contributed by atoms with E-state index in [1.54, 1.807) is 18.2 Å². The molecule has 1 aromatic rings. The van der Waals surface area contributed by atoms with Crippen molar-refractivity contribution in [1.82, 2.24) is 10.3 Å². The lowest BCUT2D eigenvalue weighted by Crippen LogP contribution is -2.26. The Morgan fingerprint density at radius 3 is 3.00 bits per heavy atom. The number of pyridine rings is 1. The first-order chi connectivity index (χ1) is 6.24. The Morgan fingerprint density at radius 2 is 2.38 bits per heavy atom. The molecule has 0 aliphatic heterocycles. The van der Waals surface area contributed by atoms with Crippen LogP contribution in [0.2, 0.25) is 0 Å². The number of amides is 1. The van der Waals surface area contributed by atoms with Gasteiger partial charge in [-0.2, -0.15) is 0 Å². The summed E-state index contributed by atoms with van der Waals surface area (Å²) in [6, 6.07) is 4.90. The molecule has 0 radical (unpaired) electrons. The fraction of sp³-hybridized carbons (Fsp3) is 0.250. The third kappa shape index (κ3) is 2.91. The summed E-state index contributed by atoms with van der Waals surface area (Å²) in [5.41, 5.74) is 5.72. The first-order valence-corrected chi connectivity index (χ1v) is 4.34. The van der Waals surface area contributed by atoms with E-state index in [1.165, 1.54) is 0 Å². The Kier molecular flexibility index (Phi) is 3.52. The van der Waals surface area contributed by atoms with Crippen molar-refractivity contribution in [3.63, 3.8) is 0 Å². The van der Waals surface area contributed by atoms with Crippen LogP contribution in [0.25, 0.3) is 0 Å². The molecule has 1 rings (SSSR count). The number of anilines is 1. The molecule has 13 heavy (non-hydrogen) atoms. The molecule has 0 aliphatic carbocycles. The SMILES string of the molecule is Nc1cccc(C(=O)NCCCl)n1. The lowest BCUT2D eigenvalue weighted by molar-refractivity contribution is 0.0951. The number of hydrogen-bond acceptors (Lipinski definition) is 3. The van der Waals surface area contributed by atoms with Gasteiger partial charge in [0.15, 0.2) is 0 Å². The number of alkyl halides is 1. The summed E-state index contributed by atoms with van der Waals surface area (Å²) < 4.78 is 0. The zero-order valence-corrected chi connectivity index (χ0v) is 7.71. The average molecular weight is 200 g/mol. The Labute approximate surface area is 81.1 Å². The molecule has 4 nitrogen and oxygen atoms in total. The molecule has 0 saturated heterocycles. The molecule has 5 heteroatoms. The van der Waals surface area contributed by atoms with Crippen LogP contribution in [0.5, 0.6) is 0 Å². The number of nitrogens with two attached hydrogens (primary N) is 1. The maximum absolute atomic E-state index is 11.3. The minimum absolute atomic E-state index is 0.257. The largest absolute Gasteiger partial charge is 0.384 e. The second-order valence-corrected chi connectivity index (χ2v) is 2.77. The number of halogens is 1. The zero-order valence-electron chi connectivity index (χ0n) is 6.96. The number of nitrogens with zero attached hydrogens (tertiary/aromatic N) is 1. The number of rotatable bonds is 3. The van der Waals surface area contributed by atoms with Crippen molar-refractivity contribution in [3.8, 4) is 0 Å². The van der Waals surface area contributed by atoms with Crippen molar-refractivity contribution in [3.05, 3.63) is 23.9 Å². The highest BCUT2D eigenvalue weighted by molar-refractivity contribution is 6.18. The molecular formula is C8H10ClN3O. The standard InChI is InChI=1S/C8H10ClN3O/c9-4-5-11-8(13)6-2-1-3-7(10)12-6/h1-3H,4-5H2,(H2,10,12)(H,11,13). The van der Waals surface area contributed by atoms with Gasteiger partial charge in [0.25, 0.3) is 5.91 Å². The quantitative estimate of drug-likeness (QED) is 0.702. The number of nitrogens with one attached hydrogen (secondary N) is 1. The predicted octanol–water partition coefficient (Wildman–Crippen LogP) is 0.632. The maximum atomic E-state index is 11.3. The second kappa shape index (κ2) is 4.67. The summed E-state index contributed by atoms with van der Waals surface area (Å²) in [6.07, 6.45) is 0. The molecule has 0 spiro atoms. The van der Waals surface area contributed by atoms with E-state index in [2.05, 4.69) is 10.3 Å². The number of nitrogen functional groups attached to an aromatic ring is 1. The van der Waals surface area contributed by atoms with Gasteiger partial charge < -0.3 is 11.1 Å². The fourth-order valence-corrected chi connectivity index (χ4v) is 0.924. The van der Waals surface area contributed by atoms with E-state index >= 15 is 0 Å². The highest BCUT2D eigenvalue weighted by atomic mass is 35.5. The molecule has 3 N–H and O–H groups in total. The molecular weight excluding hydrogens is 190 g/mol. The van der Waals surface area contributed by atoms with Gasteiger partial charge in [-0.15, -0.1) is 11.6 Å². The van der Waals surface area contributed by atoms with E-state index in [-0.39, 0.29) is 5.91 Å². The van der Waals surface area contributed by atoms with E-state index in [4.69, 9.17) is 17.3 Å². The van der Waals surface area contributed by atoms with Crippen LogP contribution >= 0.6 is 11.6 Å². The lowest BCUT2D eigenvalue weighted by atomic mass is 10.3. The van der Waals surface area contributed by atoms with Gasteiger partial charge in [-0.05, 0) is 12.1 Å². The number of aromatic nitrogens is 1. The van der Waals surface area contributed by atoms with Gasteiger partial charge in [-0.3, -0.25) is 4.79 Å². The van der Waals surface area contributed by atoms with Crippen LogP contribution in [-0.2, 0) is 0 Å². The van der Waals surface area contributed by atoms with Gasteiger partial charge in [0.1, 0.15) is 11.5 Å². The van der Waals surface area contributed by atoms with Crippen LogP contribution in [0.15, 0.2) is 18.2 Å². The van der Waals surface area contributed by atoms with Crippen LogP contribution in [0.3, 0.4) is 0 Å². The van der Waals surface area contributed by atoms with E-state index < -0.39 is 0 Å². The van der Waals surface area contributed by atoms with Gasteiger partial charge in [-0.25, -0.2) is 4.98 Å². The van der Waals surface area contributed by atoms with Crippen molar-refractivity contribution in [2.45, 2.75) is 0 Å². The summed E-state index contributed by atoms with van der Waals surface area (Å²) in [5.74, 6) is 0.458. The Morgan fingerprint density at radius 1 is 1.62 bits per heavy atom. The maximum Gasteiger partial charge on any atom is 0.270 e. The van der Waals surface area contributed by atoms with Crippen molar-refractivity contribution in [2.75, 3.05) is 18.2 Å². The highest BCUT2D eigenvalue weighted by Crippen LogP contribution is 1.99. The first-order valence-electron chi connectivity index (χ1n) is 3.80. The average Bonchev–Trinajstić information content (AvgIpc) is 2.14. The van der Waals surface area contributed by atoms with Crippen LogP contribution < -0.4 is 11.1 Å². The summed E-state index contributed by atoms with van der Waals surface area (Å²) in [4.78, 5) is 15.1. The van der Waals surface area contributed by atoms with Crippen molar-refractivity contribution in [2.24, 2.45) is 0 Å². The number of carbonyl (C=O) groups excluding carboxylic acids is 1. The molecule has 0 unspecified atom stereocenters. The lowest BCUT2D eigenvalue weighted by Gasteiger charge is -2.01. The molecule has 70 valence electrons. The van der Waals surface area contributed by atoms with Gasteiger partial charge in [0.2, 0.25) is 0 Å². The van der Waals surface area contributed by atoms with Gasteiger partial charge >= 0.3 is 0 Å². The number of hydrogen-bond donors (Lipinski definition) is 2. The number of carbonyl (C=O) groups is 1. The Bertz CT molecular complexity index is 303. The minimum atomic E-state index is -0.257. The second-order valence-electron chi connectivity index (χ2n) is 2.39. The third-order valence-corrected chi connectivity index (χ3v) is 1.57. The van der Waals surface area contributed by atoms with Crippen LogP contribution in [0.1, 0.15) is 10.5 Å². The van der Waals surface area contributed by atoms with Crippen molar-refractivity contribution in [1.29, 1.82) is 0 Å². The molecule has 0 aliphatic rings. The van der Waals surface area contributed by atoms with Crippen molar-refractivity contribution >= 4 is 23.3 Å². The highest BCUT2D eigenvalue weighted by Gasteiger charge is 2.05. The van der Waals surface area contributed by atoms with Gasteiger partial charge in [0, 0.05) is 12.4 Å². The van der Waals surface area contributed by atoms with Crippen LogP contribution in [0, 0.1) is 0 Å². The third-order valence-electron chi connectivity index (χ3n) is 1.38. The summed E-state index contributed by atoms with van der Waals surface area (Å²) >= 11 is 5.40. The molecule has 1 aromatic heterocycles. The van der Waals surface area contributed by atoms with Crippen LogP contribution in [-0.4, -0.2) is 23.3 Å². The minimum Gasteiger partial charge on any atom is -0.384 e. The molecule has 0 aromatic carbocycles. The zero-order chi connectivity index (χ0) is 9.68. The van der Waals surface area contributed by atoms with Gasteiger partial charge in [0.05, 0.1) is 0 Å². The van der Waals surface area contributed by atoms with E-state index in [0.717, 1.165) is 0 Å². The molecule has 1 heterocycles. The molecule has 0 bridgehead atoms. The Balaban J connectivity index is 2.66. The van der Waals surface area contributed by atoms with Crippen LogP contribution in [0.4, 0.5) is 5.82 Å². The summed E-state index contributed by atoms with van der Waals surface area (Å²) in [5, 5.41) is 2.59. The summed E-state index contributed by atoms with van der Waals surface area (Å²) in [7, 11) is 0. The molecule has 0 atom stereocenters. The van der Waals surface area contributed by atoms with E-state index in [0.29, 0.717) is 23.9 Å². The Hall–Kier alpha value is -1.29. The monoisotopic (exact) mass is 199 g/mol. The van der Waals surface area contributed by atoms with E-state index in [1.807, 2.05) is 0 Å². The fourth-order valence-electron chi connectivity index (χ4n) is 0.829. The molecule has 0 fully saturated rings. The molecule has 0 saturated carbocycles. The van der Waals surface area contributed by atoms with Crippen molar-refractivity contribution < 1.29 is 4.79 Å². The molecule has 1 amide bonds. The topological polar surface area (TPSA) is 68.0 Å². The van der Waals surface area contributed by atoms with E-state index in [9.17, 15) is 4.79 Å². The normalized spacial score (nSPS) is 9.62. The summed E-state index contributed by atoms with van der Waals surface area (Å²) in [6.45, 7) is 0.427.